The summed E-state index contributed by atoms with van der Waals surface area (Å²) >= 11 is 6.16. The molecule has 2 aromatic carbocycles. The van der Waals surface area contributed by atoms with Crippen molar-refractivity contribution in [3.05, 3.63) is 101 Å². The molecule has 0 amide bonds. The van der Waals surface area contributed by atoms with Gasteiger partial charge in [0, 0.05) is 29.9 Å². The van der Waals surface area contributed by atoms with Crippen molar-refractivity contribution in [3.8, 4) is 0 Å². The molecule has 6 nitrogen and oxygen atoms in total. The van der Waals surface area contributed by atoms with Crippen molar-refractivity contribution in [1.82, 2.24) is 4.98 Å². The minimum Gasteiger partial charge on any atom is -0.394 e. The number of pyridine rings is 1. The van der Waals surface area contributed by atoms with Crippen molar-refractivity contribution >= 4 is 11.6 Å². The highest BCUT2D eigenvalue weighted by molar-refractivity contribution is 6.30. The van der Waals surface area contributed by atoms with Crippen molar-refractivity contribution in [2.75, 3.05) is 6.61 Å². The fourth-order valence-electron chi connectivity index (χ4n) is 4.22. The molecule has 0 spiro atoms. The molecule has 2 aliphatic heterocycles. The third-order valence-corrected chi connectivity index (χ3v) is 5.94. The first-order valence-corrected chi connectivity index (χ1v) is 11.0. The maximum Gasteiger partial charge on any atom is 0.184 e. The van der Waals surface area contributed by atoms with Crippen LogP contribution in [0.3, 0.4) is 0 Å². The van der Waals surface area contributed by atoms with E-state index in [2.05, 4.69) is 4.98 Å². The molecule has 7 heteroatoms. The van der Waals surface area contributed by atoms with Crippen molar-refractivity contribution in [3.63, 3.8) is 0 Å². The Balaban J connectivity index is 1.47. The Labute approximate surface area is 191 Å². The fourth-order valence-corrected chi connectivity index (χ4v) is 4.42. The van der Waals surface area contributed by atoms with Crippen LogP contribution < -0.4 is 0 Å². The van der Waals surface area contributed by atoms with E-state index in [0.717, 1.165) is 16.7 Å². The average molecular weight is 454 g/mol. The average Bonchev–Trinajstić information content (AvgIpc) is 2.84. The van der Waals surface area contributed by atoms with Gasteiger partial charge in [0.25, 0.3) is 0 Å². The molecule has 0 aliphatic carbocycles. The Hall–Kier alpha value is -2.32. The number of rotatable bonds is 5. The van der Waals surface area contributed by atoms with Gasteiger partial charge in [-0.05, 0) is 11.6 Å². The second-order valence-electron chi connectivity index (χ2n) is 7.93. The zero-order valence-electron chi connectivity index (χ0n) is 17.3. The van der Waals surface area contributed by atoms with Gasteiger partial charge in [0.05, 0.1) is 17.7 Å². The maximum atomic E-state index is 10.1. The van der Waals surface area contributed by atoms with Crippen LogP contribution >= 0.6 is 11.6 Å². The lowest BCUT2D eigenvalue weighted by molar-refractivity contribution is -0.384. The Bertz CT molecular complexity index is 1020. The van der Waals surface area contributed by atoms with E-state index < -0.39 is 30.9 Å². The van der Waals surface area contributed by atoms with Crippen molar-refractivity contribution in [2.45, 2.75) is 43.4 Å². The molecule has 32 heavy (non-hydrogen) atoms. The topological polar surface area (TPSA) is 70.0 Å². The number of nitrogens with zero attached hydrogens (tertiary/aromatic N) is 1. The number of benzene rings is 2. The van der Waals surface area contributed by atoms with Crippen molar-refractivity contribution < 1.29 is 24.1 Å². The third kappa shape index (κ3) is 4.57. The molecule has 1 N–H and O–H groups in total. The van der Waals surface area contributed by atoms with Gasteiger partial charge >= 0.3 is 0 Å². The van der Waals surface area contributed by atoms with E-state index in [1.54, 1.807) is 12.4 Å². The van der Waals surface area contributed by atoms with E-state index in [1.165, 1.54) is 0 Å². The molecule has 0 bridgehead atoms. The Kier molecular flexibility index (Phi) is 6.50. The van der Waals surface area contributed by atoms with E-state index in [9.17, 15) is 5.11 Å². The second kappa shape index (κ2) is 9.67. The monoisotopic (exact) mass is 453 g/mol. The van der Waals surface area contributed by atoms with Crippen LogP contribution in [0.25, 0.3) is 0 Å². The zero-order chi connectivity index (χ0) is 21.9. The second-order valence-corrected chi connectivity index (χ2v) is 8.37. The zero-order valence-corrected chi connectivity index (χ0v) is 18.0. The number of aliphatic hydroxyl groups excluding tert-OH is 1. The number of fused-ring (bicyclic) bond motifs is 1. The SMILES string of the molecule is OC[C@H]1OC(c2ccccc2)O[C@@H]2[C@@H]1OC(c1ccccc1)O[C@@H]2Cc1cncc(Cl)c1. The molecule has 2 saturated heterocycles. The molecule has 5 rings (SSSR count). The summed E-state index contributed by atoms with van der Waals surface area (Å²) in [7, 11) is 0. The quantitative estimate of drug-likeness (QED) is 0.623. The van der Waals surface area contributed by atoms with E-state index in [4.69, 9.17) is 30.5 Å². The van der Waals surface area contributed by atoms with Crippen LogP contribution in [0.5, 0.6) is 0 Å². The van der Waals surface area contributed by atoms with Gasteiger partial charge in [-0.2, -0.15) is 0 Å². The van der Waals surface area contributed by atoms with Gasteiger partial charge in [-0.25, -0.2) is 0 Å². The maximum absolute atomic E-state index is 10.1. The van der Waals surface area contributed by atoms with Gasteiger partial charge < -0.3 is 24.1 Å². The highest BCUT2D eigenvalue weighted by atomic mass is 35.5. The normalized spacial score (nSPS) is 29.9. The predicted octanol–water partition coefficient (Wildman–Crippen LogP) is 4.24. The van der Waals surface area contributed by atoms with Crippen molar-refractivity contribution in [1.29, 1.82) is 0 Å². The summed E-state index contributed by atoms with van der Waals surface area (Å²) in [4.78, 5) is 4.20. The first-order chi connectivity index (χ1) is 15.7. The van der Waals surface area contributed by atoms with Crippen LogP contribution in [0.2, 0.25) is 5.02 Å². The first kappa shape index (κ1) is 21.5. The lowest BCUT2D eigenvalue weighted by Gasteiger charge is -2.49. The van der Waals surface area contributed by atoms with E-state index in [0.29, 0.717) is 11.4 Å². The number of halogens is 1. The molecule has 2 aliphatic rings. The van der Waals surface area contributed by atoms with Gasteiger partial charge in [-0.3, -0.25) is 4.98 Å². The number of aromatic nitrogens is 1. The van der Waals surface area contributed by atoms with Crippen molar-refractivity contribution in [2.24, 2.45) is 0 Å². The van der Waals surface area contributed by atoms with Gasteiger partial charge in [-0.15, -0.1) is 0 Å². The summed E-state index contributed by atoms with van der Waals surface area (Å²) in [5.41, 5.74) is 2.70. The summed E-state index contributed by atoms with van der Waals surface area (Å²) in [6, 6.07) is 21.3. The molecule has 166 valence electrons. The predicted molar refractivity (Wildman–Crippen MR) is 118 cm³/mol. The summed E-state index contributed by atoms with van der Waals surface area (Å²) in [5, 5.41) is 10.7. The Morgan fingerprint density at radius 1 is 0.750 bits per heavy atom. The van der Waals surface area contributed by atoms with Gasteiger partial charge in [0.2, 0.25) is 0 Å². The molecule has 0 saturated carbocycles. The molecular formula is C25H24ClNO5. The van der Waals surface area contributed by atoms with Gasteiger partial charge in [-0.1, -0.05) is 72.3 Å². The van der Waals surface area contributed by atoms with Gasteiger partial charge in [0.1, 0.15) is 18.3 Å². The lowest BCUT2D eigenvalue weighted by Crippen LogP contribution is -2.59. The number of aliphatic hydroxyl groups is 1. The smallest absolute Gasteiger partial charge is 0.184 e. The Morgan fingerprint density at radius 3 is 1.88 bits per heavy atom. The number of hydrogen-bond acceptors (Lipinski definition) is 6. The van der Waals surface area contributed by atoms with E-state index in [1.807, 2.05) is 66.7 Å². The van der Waals surface area contributed by atoms with Crippen LogP contribution in [-0.4, -0.2) is 41.1 Å². The summed E-state index contributed by atoms with van der Waals surface area (Å²) < 4.78 is 25.2. The number of ether oxygens (including phenoxy) is 4. The van der Waals surface area contributed by atoms with Crippen LogP contribution in [0.4, 0.5) is 0 Å². The summed E-state index contributed by atoms with van der Waals surface area (Å²) in [6.45, 7) is -0.194. The molecule has 3 heterocycles. The van der Waals surface area contributed by atoms with Crippen LogP contribution in [0.15, 0.2) is 79.1 Å². The Morgan fingerprint density at radius 2 is 1.31 bits per heavy atom. The molecule has 6 atom stereocenters. The van der Waals surface area contributed by atoms with E-state index in [-0.39, 0.29) is 12.7 Å². The van der Waals surface area contributed by atoms with E-state index >= 15 is 0 Å². The standard InChI is InChI=1S/C25H24ClNO5/c26-19-11-16(13-27-14-19)12-20-22-23(32-24(29-20)17-7-3-1-4-8-17)21(15-28)30-25(31-22)18-9-5-2-6-10-18/h1-11,13-14,20-25,28H,12,15H2/t20-,21-,22+,23-,24?,25?/m1/s1. The molecule has 0 radical (unpaired) electrons. The largest absolute Gasteiger partial charge is 0.394 e. The summed E-state index contributed by atoms with van der Waals surface area (Å²) in [6.07, 6.45) is 0.789. The molecule has 2 unspecified atom stereocenters. The summed E-state index contributed by atoms with van der Waals surface area (Å²) in [5.74, 6) is 0. The first-order valence-electron chi connectivity index (χ1n) is 10.6. The molecular weight excluding hydrogens is 430 g/mol. The minimum absolute atomic E-state index is 0.194. The highest BCUT2D eigenvalue weighted by Gasteiger charge is 2.50. The molecule has 3 aromatic rings. The molecule has 2 fully saturated rings. The van der Waals surface area contributed by atoms with Crippen LogP contribution in [-0.2, 0) is 25.4 Å². The van der Waals surface area contributed by atoms with Gasteiger partial charge in [0.15, 0.2) is 12.6 Å². The lowest BCUT2D eigenvalue weighted by atomic mass is 9.94. The van der Waals surface area contributed by atoms with Crippen LogP contribution in [0, 0.1) is 0 Å². The van der Waals surface area contributed by atoms with Crippen LogP contribution in [0.1, 0.15) is 29.3 Å². The highest BCUT2D eigenvalue weighted by Crippen LogP contribution is 2.41. The third-order valence-electron chi connectivity index (χ3n) is 5.74. The minimum atomic E-state index is -0.630. The molecule has 1 aromatic heterocycles. The number of hydrogen-bond donors (Lipinski definition) is 1. The fraction of sp³-hybridized carbons (Fsp3) is 0.320.